The average molecular weight is 424 g/mol. The Morgan fingerprint density at radius 3 is 2.73 bits per heavy atom. The van der Waals surface area contributed by atoms with Gasteiger partial charge in [0, 0.05) is 22.2 Å². The maximum Gasteiger partial charge on any atom is 0.266 e. The number of hydrogen-bond acceptors (Lipinski definition) is 4. The molecule has 1 saturated heterocycles. The number of likely N-dealkylation sites (N-methyl/N-ethyl adjacent to an activating group) is 1. The van der Waals surface area contributed by atoms with Crippen LogP contribution in [-0.4, -0.2) is 21.7 Å². The number of thioether (sulfide) groups is 1. The lowest BCUT2D eigenvalue weighted by atomic mass is 10.2. The number of amides is 1. The van der Waals surface area contributed by atoms with E-state index in [0.717, 1.165) is 11.1 Å². The monoisotopic (exact) mass is 423 g/mol. The van der Waals surface area contributed by atoms with Gasteiger partial charge >= 0.3 is 0 Å². The number of hydrogen-bond donors (Lipinski definition) is 0. The molecule has 134 valence electrons. The van der Waals surface area contributed by atoms with E-state index in [-0.39, 0.29) is 5.91 Å². The molecule has 26 heavy (non-hydrogen) atoms. The van der Waals surface area contributed by atoms with Gasteiger partial charge in [-0.25, -0.2) is 0 Å². The van der Waals surface area contributed by atoms with Crippen LogP contribution < -0.4 is 4.74 Å². The maximum absolute atomic E-state index is 12.3. The third-order valence-corrected chi connectivity index (χ3v) is 5.72. The van der Waals surface area contributed by atoms with Gasteiger partial charge in [0.2, 0.25) is 0 Å². The zero-order chi connectivity index (χ0) is 18.7. The number of thiocarbonyl (C=S) groups is 1. The van der Waals surface area contributed by atoms with Crippen molar-refractivity contribution in [2.75, 3.05) is 6.54 Å². The lowest BCUT2D eigenvalue weighted by Crippen LogP contribution is -2.27. The minimum absolute atomic E-state index is 0.0539. The van der Waals surface area contributed by atoms with E-state index in [1.165, 1.54) is 11.8 Å². The molecule has 3 nitrogen and oxygen atoms in total. The number of carbonyl (C=O) groups is 1. The van der Waals surface area contributed by atoms with Crippen molar-refractivity contribution in [3.05, 3.63) is 68.5 Å². The molecule has 1 fully saturated rings. The number of carbonyl (C=O) groups excluding carboxylic acids is 1. The Morgan fingerprint density at radius 2 is 2.04 bits per heavy atom. The fourth-order valence-corrected chi connectivity index (χ4v) is 4.27. The molecule has 0 unspecified atom stereocenters. The second kappa shape index (κ2) is 8.44. The van der Waals surface area contributed by atoms with Crippen molar-refractivity contribution in [1.82, 2.24) is 4.90 Å². The molecular formula is C19H15Cl2NO2S2. The van der Waals surface area contributed by atoms with Crippen molar-refractivity contribution < 1.29 is 9.53 Å². The summed E-state index contributed by atoms with van der Waals surface area (Å²) < 4.78 is 6.41. The number of ether oxygens (including phenoxy) is 1. The largest absolute Gasteiger partial charge is 0.489 e. The molecule has 1 aliphatic heterocycles. The zero-order valence-electron chi connectivity index (χ0n) is 13.9. The smallest absolute Gasteiger partial charge is 0.266 e. The standard InChI is InChI=1S/C19H15Cl2NO2S2/c1-2-22-18(23)17(26-19(22)25)9-12-4-3-5-15(8-12)24-11-13-6-7-14(20)10-16(13)21/h3-10H,2,11H2,1H3. The van der Waals surface area contributed by atoms with Crippen LogP contribution in [0.15, 0.2) is 47.4 Å². The van der Waals surface area contributed by atoms with Gasteiger partial charge in [-0.05, 0) is 42.8 Å². The minimum atomic E-state index is -0.0539. The van der Waals surface area contributed by atoms with E-state index in [1.807, 2.05) is 43.3 Å². The lowest BCUT2D eigenvalue weighted by molar-refractivity contribution is -0.121. The first-order valence-corrected chi connectivity index (χ1v) is 9.88. The highest BCUT2D eigenvalue weighted by Gasteiger charge is 2.30. The zero-order valence-corrected chi connectivity index (χ0v) is 17.0. The van der Waals surface area contributed by atoms with Crippen LogP contribution in [0.5, 0.6) is 5.75 Å². The third kappa shape index (κ3) is 4.41. The van der Waals surface area contributed by atoms with Gasteiger partial charge in [-0.15, -0.1) is 0 Å². The van der Waals surface area contributed by atoms with Gasteiger partial charge in [-0.1, -0.05) is 65.4 Å². The normalized spacial score (nSPS) is 15.8. The second-order valence-corrected chi connectivity index (χ2v) is 8.04. The van der Waals surface area contributed by atoms with Crippen LogP contribution in [0.1, 0.15) is 18.1 Å². The molecule has 0 atom stereocenters. The van der Waals surface area contributed by atoms with Gasteiger partial charge in [0.15, 0.2) is 0 Å². The van der Waals surface area contributed by atoms with E-state index >= 15 is 0 Å². The van der Waals surface area contributed by atoms with Gasteiger partial charge in [0.1, 0.15) is 16.7 Å². The SMILES string of the molecule is CCN1C(=O)C(=Cc2cccc(OCc3ccc(Cl)cc3Cl)c2)SC1=S. The van der Waals surface area contributed by atoms with Crippen LogP contribution in [0.3, 0.4) is 0 Å². The first-order valence-electron chi connectivity index (χ1n) is 7.90. The summed E-state index contributed by atoms with van der Waals surface area (Å²) in [4.78, 5) is 14.5. The molecule has 0 bridgehead atoms. The highest BCUT2D eigenvalue weighted by molar-refractivity contribution is 8.26. The van der Waals surface area contributed by atoms with Crippen LogP contribution in [0.4, 0.5) is 0 Å². The molecule has 1 heterocycles. The molecule has 7 heteroatoms. The molecular weight excluding hydrogens is 409 g/mol. The number of halogens is 2. The molecule has 1 amide bonds. The Kier molecular flexibility index (Phi) is 6.24. The summed E-state index contributed by atoms with van der Waals surface area (Å²) >= 11 is 18.6. The van der Waals surface area contributed by atoms with Gasteiger partial charge in [0.05, 0.1) is 4.91 Å². The Balaban J connectivity index is 1.73. The summed E-state index contributed by atoms with van der Waals surface area (Å²) in [5.74, 6) is 0.637. The van der Waals surface area contributed by atoms with Crippen LogP contribution in [0.2, 0.25) is 10.0 Å². The molecule has 0 spiro atoms. The lowest BCUT2D eigenvalue weighted by Gasteiger charge is -2.10. The van der Waals surface area contributed by atoms with Gasteiger partial charge in [0.25, 0.3) is 5.91 Å². The molecule has 2 aromatic rings. The Morgan fingerprint density at radius 1 is 1.23 bits per heavy atom. The Bertz CT molecular complexity index is 899. The highest BCUT2D eigenvalue weighted by Crippen LogP contribution is 2.32. The van der Waals surface area contributed by atoms with Crippen LogP contribution in [-0.2, 0) is 11.4 Å². The van der Waals surface area contributed by atoms with Crippen molar-refractivity contribution in [3.63, 3.8) is 0 Å². The van der Waals surface area contributed by atoms with Gasteiger partial charge < -0.3 is 4.74 Å². The molecule has 0 saturated carbocycles. The fourth-order valence-electron chi connectivity index (χ4n) is 2.42. The van der Waals surface area contributed by atoms with Crippen molar-refractivity contribution in [2.45, 2.75) is 13.5 Å². The average Bonchev–Trinajstić information content (AvgIpc) is 2.87. The van der Waals surface area contributed by atoms with Gasteiger partial charge in [-0.3, -0.25) is 9.69 Å². The Hall–Kier alpha value is -1.53. The molecule has 3 rings (SSSR count). The summed E-state index contributed by atoms with van der Waals surface area (Å²) in [5.41, 5.74) is 1.73. The highest BCUT2D eigenvalue weighted by atomic mass is 35.5. The van der Waals surface area contributed by atoms with E-state index in [0.29, 0.717) is 38.2 Å². The van der Waals surface area contributed by atoms with Crippen molar-refractivity contribution in [2.24, 2.45) is 0 Å². The molecule has 0 aliphatic carbocycles. The van der Waals surface area contributed by atoms with Crippen LogP contribution in [0.25, 0.3) is 6.08 Å². The molecule has 0 aromatic heterocycles. The number of nitrogens with zero attached hydrogens (tertiary/aromatic N) is 1. The summed E-state index contributed by atoms with van der Waals surface area (Å²) in [6, 6.07) is 12.8. The fraction of sp³-hybridized carbons (Fsp3) is 0.158. The Labute approximate surface area is 171 Å². The topological polar surface area (TPSA) is 29.5 Å². The molecule has 0 N–H and O–H groups in total. The van der Waals surface area contributed by atoms with Crippen LogP contribution >= 0.6 is 47.2 Å². The van der Waals surface area contributed by atoms with Crippen molar-refractivity contribution in [3.8, 4) is 5.75 Å². The first-order chi connectivity index (χ1) is 12.5. The van der Waals surface area contributed by atoms with E-state index in [1.54, 1.807) is 17.0 Å². The van der Waals surface area contributed by atoms with E-state index in [9.17, 15) is 4.79 Å². The minimum Gasteiger partial charge on any atom is -0.489 e. The second-order valence-electron chi connectivity index (χ2n) is 5.52. The van der Waals surface area contributed by atoms with Crippen LogP contribution in [0, 0.1) is 0 Å². The molecule has 2 aromatic carbocycles. The summed E-state index contributed by atoms with van der Waals surface area (Å²) in [6.07, 6.45) is 1.83. The first kappa shape index (κ1) is 19.2. The van der Waals surface area contributed by atoms with E-state index in [2.05, 4.69) is 0 Å². The molecule has 1 aliphatic rings. The van der Waals surface area contributed by atoms with E-state index < -0.39 is 0 Å². The van der Waals surface area contributed by atoms with Crippen molar-refractivity contribution in [1.29, 1.82) is 0 Å². The van der Waals surface area contributed by atoms with Crippen molar-refractivity contribution >= 4 is 63.5 Å². The van der Waals surface area contributed by atoms with E-state index in [4.69, 9.17) is 40.2 Å². The summed E-state index contributed by atoms with van der Waals surface area (Å²) in [7, 11) is 0. The molecule has 0 radical (unpaired) electrons. The number of rotatable bonds is 5. The predicted octanol–water partition coefficient (Wildman–Crippen LogP) is 5.79. The number of benzene rings is 2. The maximum atomic E-state index is 12.3. The predicted molar refractivity (Wildman–Crippen MR) is 113 cm³/mol. The van der Waals surface area contributed by atoms with Gasteiger partial charge in [-0.2, -0.15) is 0 Å². The quantitative estimate of drug-likeness (QED) is 0.449. The summed E-state index contributed by atoms with van der Waals surface area (Å²) in [6.45, 7) is 2.81. The summed E-state index contributed by atoms with van der Waals surface area (Å²) in [5, 5.41) is 1.15. The third-order valence-electron chi connectivity index (χ3n) is 3.76.